The lowest BCUT2D eigenvalue weighted by Gasteiger charge is -2.44. The van der Waals surface area contributed by atoms with Gasteiger partial charge in [0.25, 0.3) is 0 Å². The number of aromatic nitrogens is 2. The van der Waals surface area contributed by atoms with E-state index in [0.29, 0.717) is 5.56 Å². The van der Waals surface area contributed by atoms with E-state index in [1.165, 1.54) is 12.4 Å². The third-order valence-electron chi connectivity index (χ3n) is 9.28. The van der Waals surface area contributed by atoms with E-state index in [2.05, 4.69) is 9.72 Å². The minimum absolute atomic E-state index is 0.0570. The zero-order valence-corrected chi connectivity index (χ0v) is 31.4. The minimum Gasteiger partial charge on any atom is -0.444 e. The van der Waals surface area contributed by atoms with E-state index in [4.69, 9.17) is 11.6 Å². The van der Waals surface area contributed by atoms with Crippen LogP contribution in [0.25, 0.3) is 0 Å². The lowest BCUT2D eigenvalue weighted by atomic mass is 9.12. The van der Waals surface area contributed by atoms with Crippen molar-refractivity contribution >= 4 is 51.4 Å². The van der Waals surface area contributed by atoms with Gasteiger partial charge in [0.2, 0.25) is 24.2 Å². The van der Waals surface area contributed by atoms with Gasteiger partial charge >= 0.3 is 5.97 Å². The summed E-state index contributed by atoms with van der Waals surface area (Å²) in [4.78, 5) is 27.4. The number of ether oxygens (including phenoxy) is 1. The number of benzene rings is 5. The monoisotopic (exact) mass is 970 g/mol. The molecule has 0 amide bonds. The molecule has 0 saturated carbocycles. The Morgan fingerprint density at radius 3 is 1.06 bits per heavy atom. The maximum atomic E-state index is 15.4. The number of alkyl halides is 1. The molecule has 5 nitrogen and oxygen atoms in total. The molecule has 0 N–H and O–H groups in total. The van der Waals surface area contributed by atoms with Crippen LogP contribution in [0.2, 0.25) is 0 Å². The van der Waals surface area contributed by atoms with Crippen molar-refractivity contribution in [3.63, 3.8) is 0 Å². The predicted octanol–water partition coefficient (Wildman–Crippen LogP) is 7.45. The van der Waals surface area contributed by atoms with Crippen LogP contribution in [-0.4, -0.2) is 28.9 Å². The Kier molecular flexibility index (Phi) is 14.2. The van der Waals surface area contributed by atoms with E-state index in [9.17, 15) is 62.3 Å². The predicted molar refractivity (Wildman–Crippen MR) is 181 cm³/mol. The molecule has 0 fully saturated rings. The number of hydrogen-bond acceptors (Lipinski definition) is 4. The van der Waals surface area contributed by atoms with Crippen LogP contribution in [0.3, 0.4) is 0 Å². The van der Waals surface area contributed by atoms with Gasteiger partial charge in [0.15, 0.2) is 82.1 Å². The van der Waals surface area contributed by atoms with Crippen LogP contribution in [0.4, 0.5) is 87.8 Å². The number of nitrogens with zero attached hydrogens (tertiary/aromatic N) is 2. The molecule has 65 heavy (non-hydrogen) atoms. The molecule has 0 bridgehead atoms. The molecule has 5 aromatic carbocycles. The van der Waals surface area contributed by atoms with Gasteiger partial charge < -0.3 is 4.74 Å². The molecule has 342 valence electrons. The van der Waals surface area contributed by atoms with Gasteiger partial charge in [-0.3, -0.25) is 4.79 Å². The molecule has 1 heterocycles. The zero-order chi connectivity index (χ0) is 48.7. The minimum atomic E-state index is -7.22. The van der Waals surface area contributed by atoms with Crippen molar-refractivity contribution in [3.8, 4) is 0 Å². The second kappa shape index (κ2) is 18.8. The molecule has 1 aromatic heterocycles. The van der Waals surface area contributed by atoms with Crippen molar-refractivity contribution in [2.24, 2.45) is 0 Å². The summed E-state index contributed by atoms with van der Waals surface area (Å²) in [5.41, 5.74) is -13.6. The number of rotatable bonds is 9. The van der Waals surface area contributed by atoms with Gasteiger partial charge in [0.05, 0.1) is 6.20 Å². The smallest absolute Gasteiger partial charge is 0.364 e. The van der Waals surface area contributed by atoms with Gasteiger partial charge in [-0.05, 0) is 0 Å². The van der Waals surface area contributed by atoms with Crippen molar-refractivity contribution in [2.75, 3.05) is 6.07 Å². The normalized spacial score (nSPS) is 11.4. The van der Waals surface area contributed by atoms with Gasteiger partial charge in [0, 0.05) is 5.56 Å². The molecule has 0 radical (unpaired) electrons. The SMILES string of the molecule is Fc1c(F)c(F)c([B-](c2c(F)c(F)c(F)c(F)c2F)(c2c(F)c(F)c(F)c(F)c2F)c2c(F)c(F)c(F)c(F)c2F)c(F)c1F.O=C(C[n+]1ccnc(C(=O)OCCl)c1)c1ccccc1. The van der Waals surface area contributed by atoms with E-state index >= 15 is 35.1 Å². The summed E-state index contributed by atoms with van der Waals surface area (Å²) in [6.45, 7) is 0.119. The second-order valence-corrected chi connectivity index (χ2v) is 13.0. The Morgan fingerprint density at radius 2 is 0.769 bits per heavy atom. The number of halogens is 21. The van der Waals surface area contributed by atoms with Gasteiger partial charge in [-0.25, -0.2) is 97.6 Å². The van der Waals surface area contributed by atoms with Crippen molar-refractivity contribution in [1.82, 2.24) is 4.98 Å². The summed E-state index contributed by atoms with van der Waals surface area (Å²) in [5.74, 6) is -72.1. The summed E-state index contributed by atoms with van der Waals surface area (Å²) in [5, 5.41) is 0. The molecule has 27 heteroatoms. The fourth-order valence-corrected chi connectivity index (χ4v) is 6.61. The molecule has 6 aromatic rings. The summed E-state index contributed by atoms with van der Waals surface area (Å²) in [6, 6.07) is 8.69. The van der Waals surface area contributed by atoms with E-state index in [1.807, 2.05) is 6.07 Å². The van der Waals surface area contributed by atoms with Crippen molar-refractivity contribution in [3.05, 3.63) is 177 Å². The number of ketones is 1. The second-order valence-electron chi connectivity index (χ2n) is 12.7. The lowest BCUT2D eigenvalue weighted by Crippen LogP contribution is -2.81. The first-order chi connectivity index (χ1) is 30.4. The first kappa shape index (κ1) is 49.3. The molecule has 0 aliphatic heterocycles. The molecular weight excluding hydrogens is 959 g/mol. The van der Waals surface area contributed by atoms with Crippen molar-refractivity contribution < 1.29 is 107 Å². The van der Waals surface area contributed by atoms with Gasteiger partial charge in [-0.2, -0.15) is 4.57 Å². The summed E-state index contributed by atoms with van der Waals surface area (Å²) >= 11 is 5.32. The molecule has 0 aliphatic carbocycles. The topological polar surface area (TPSA) is 60.1 Å². The van der Waals surface area contributed by atoms with E-state index in [0.717, 1.165) is 0 Å². The Labute approximate surface area is 352 Å². The maximum Gasteiger partial charge on any atom is 0.364 e. The standard InChI is InChI=1S/C24BF20.C14H12ClN2O3/c26-5-1(6(27)14(35)21(42)13(5)34)25(2-7(28)15(36)22(43)16(37)8(2)29,3-9(30)17(38)23(44)18(39)10(3)31)4-11(32)19(40)24(45)20(41)12(4)33;15-10-20-14(19)12-8-17(7-6-16-12)9-13(18)11-4-2-1-3-5-11/h;1-8H,9-10H2/q-1;+1. The van der Waals surface area contributed by atoms with Crippen molar-refractivity contribution in [1.29, 1.82) is 0 Å². The number of carbonyl (C=O) groups is 2. The third-order valence-corrected chi connectivity index (χ3v) is 9.39. The van der Waals surface area contributed by atoms with Crippen LogP contribution in [-0.2, 0) is 11.3 Å². The fraction of sp³-hybridized carbons (Fsp3) is 0.0526. The maximum absolute atomic E-state index is 15.4. The molecule has 0 aliphatic rings. The van der Waals surface area contributed by atoms with E-state index < -0.39 is 150 Å². The van der Waals surface area contributed by atoms with Crippen LogP contribution in [0.1, 0.15) is 20.8 Å². The van der Waals surface area contributed by atoms with Crippen LogP contribution in [0.15, 0.2) is 48.9 Å². The quantitative estimate of drug-likeness (QED) is 0.0221. The highest BCUT2D eigenvalue weighted by atomic mass is 35.5. The Hall–Kier alpha value is -6.73. The number of carbonyl (C=O) groups excluding carboxylic acids is 2. The van der Waals surface area contributed by atoms with Crippen LogP contribution in [0.5, 0.6) is 0 Å². The number of esters is 1. The molecular formula is C38H12BClF20N2O3. The average Bonchev–Trinajstić information content (AvgIpc) is 3.29. The zero-order valence-electron chi connectivity index (χ0n) is 30.7. The van der Waals surface area contributed by atoms with Crippen LogP contribution >= 0.6 is 11.6 Å². The summed E-state index contributed by atoms with van der Waals surface area (Å²) in [7, 11) is 0. The Bertz CT molecular complexity index is 2550. The lowest BCUT2D eigenvalue weighted by molar-refractivity contribution is -0.683. The fourth-order valence-electron chi connectivity index (χ4n) is 6.52. The van der Waals surface area contributed by atoms with Gasteiger partial charge in [0.1, 0.15) is 52.7 Å². The third kappa shape index (κ3) is 8.18. The van der Waals surface area contributed by atoms with Crippen molar-refractivity contribution in [2.45, 2.75) is 6.54 Å². The van der Waals surface area contributed by atoms with Crippen LogP contribution < -0.4 is 26.4 Å². The van der Waals surface area contributed by atoms with Gasteiger partial charge in [-0.15, -0.1) is 21.9 Å². The Balaban J connectivity index is 0.000000330. The first-order valence-corrected chi connectivity index (χ1v) is 17.3. The highest BCUT2D eigenvalue weighted by molar-refractivity contribution is 7.20. The molecule has 0 saturated heterocycles. The van der Waals surface area contributed by atoms with Gasteiger partial charge in [-0.1, -0.05) is 41.9 Å². The Morgan fingerprint density at radius 1 is 0.477 bits per heavy atom. The van der Waals surface area contributed by atoms with E-state index in [1.54, 1.807) is 35.0 Å². The highest BCUT2D eigenvalue weighted by Gasteiger charge is 2.52. The summed E-state index contributed by atoms with van der Waals surface area (Å²) < 4.78 is 300. The van der Waals surface area contributed by atoms with Crippen LogP contribution in [0, 0.1) is 116 Å². The molecule has 0 unspecified atom stereocenters. The summed E-state index contributed by atoms with van der Waals surface area (Å²) in [6.07, 6.45) is -2.72. The van der Waals surface area contributed by atoms with E-state index in [-0.39, 0.29) is 24.1 Å². The highest BCUT2D eigenvalue weighted by Crippen LogP contribution is 2.30. The molecule has 6 rings (SSSR count). The number of Topliss-reactive ketones (excluding diaryl/α,β-unsaturated/α-hetero) is 1. The molecule has 0 atom stereocenters. The molecule has 0 spiro atoms. The average molecular weight is 971 g/mol. The largest absolute Gasteiger partial charge is 0.444 e. The first-order valence-electron chi connectivity index (χ1n) is 16.8. The number of hydrogen-bond donors (Lipinski definition) is 0.